The minimum absolute atomic E-state index is 0.198. The van der Waals surface area contributed by atoms with E-state index in [2.05, 4.69) is 13.8 Å². The first-order valence-electron chi connectivity index (χ1n) is 18.7. The number of rotatable bonds is 34. The van der Waals surface area contributed by atoms with Gasteiger partial charge in [-0.25, -0.2) is 0 Å². The molecule has 0 aliphatic heterocycles. The number of allylic oxidation sites excluding steroid dienone is 1. The van der Waals surface area contributed by atoms with Gasteiger partial charge in [-0.1, -0.05) is 199 Å². The standard InChI is InChI=1S/C38H73NO3/c1-3-5-7-9-11-13-15-17-19-20-22-24-26-28-30-32-34-38(37(39)42,35-36(40)41)33-31-29-27-25-23-21-18-16-14-12-10-8-6-4-2/h32,34H,3-31,33,35H2,1-2H3,(H2,39,42)(H,40,41). The predicted molar refractivity (Wildman–Crippen MR) is 183 cm³/mol. The number of carboxylic acid groups (broad SMARTS) is 1. The lowest BCUT2D eigenvalue weighted by molar-refractivity contribution is -0.143. The summed E-state index contributed by atoms with van der Waals surface area (Å²) in [5.41, 5.74) is 4.74. The molecule has 3 N–H and O–H groups in total. The SMILES string of the molecule is CCCCCCCCCCCCCCCCC=CC(CCCCCCCCCCCCCCCC)(CC(=O)O)C(N)=O. The Morgan fingerprint density at radius 3 is 1.14 bits per heavy atom. The molecule has 1 amide bonds. The van der Waals surface area contributed by atoms with E-state index < -0.39 is 17.3 Å². The molecular weight excluding hydrogens is 518 g/mol. The number of nitrogens with two attached hydrogens (primary N) is 1. The van der Waals surface area contributed by atoms with Crippen LogP contribution in [0.1, 0.15) is 213 Å². The van der Waals surface area contributed by atoms with Gasteiger partial charge in [-0.15, -0.1) is 0 Å². The van der Waals surface area contributed by atoms with Gasteiger partial charge in [-0.05, 0) is 19.3 Å². The molecule has 4 nitrogen and oxygen atoms in total. The Kier molecular flexibility index (Phi) is 30.1. The average Bonchev–Trinajstić information content (AvgIpc) is 2.96. The molecule has 4 heteroatoms. The molecule has 0 rings (SSSR count). The summed E-state index contributed by atoms with van der Waals surface area (Å²) in [6.45, 7) is 4.54. The van der Waals surface area contributed by atoms with Crippen LogP contribution in [0, 0.1) is 5.41 Å². The van der Waals surface area contributed by atoms with Crippen molar-refractivity contribution >= 4 is 11.9 Å². The molecule has 0 bridgehead atoms. The lowest BCUT2D eigenvalue weighted by Crippen LogP contribution is -2.37. The van der Waals surface area contributed by atoms with Crippen LogP contribution in [-0.2, 0) is 9.59 Å². The van der Waals surface area contributed by atoms with E-state index in [4.69, 9.17) is 5.73 Å². The summed E-state index contributed by atoms with van der Waals surface area (Å²) in [5.74, 6) is -1.43. The Morgan fingerprint density at radius 1 is 0.524 bits per heavy atom. The van der Waals surface area contributed by atoms with Gasteiger partial charge in [0, 0.05) is 0 Å². The summed E-state index contributed by atoms with van der Waals surface area (Å²) < 4.78 is 0. The molecule has 0 aromatic heterocycles. The molecule has 0 aromatic carbocycles. The van der Waals surface area contributed by atoms with E-state index in [9.17, 15) is 14.7 Å². The highest BCUT2D eigenvalue weighted by Gasteiger charge is 2.35. The van der Waals surface area contributed by atoms with Gasteiger partial charge in [0.2, 0.25) is 5.91 Å². The number of hydrogen-bond acceptors (Lipinski definition) is 2. The van der Waals surface area contributed by atoms with Gasteiger partial charge in [0.1, 0.15) is 0 Å². The van der Waals surface area contributed by atoms with Crippen molar-refractivity contribution in [2.45, 2.75) is 213 Å². The van der Waals surface area contributed by atoms with E-state index in [1.165, 1.54) is 154 Å². The van der Waals surface area contributed by atoms with Crippen LogP contribution < -0.4 is 5.73 Å². The first-order valence-corrected chi connectivity index (χ1v) is 18.7. The fourth-order valence-electron chi connectivity index (χ4n) is 6.19. The molecule has 0 heterocycles. The van der Waals surface area contributed by atoms with Crippen molar-refractivity contribution in [3.8, 4) is 0 Å². The third-order valence-electron chi connectivity index (χ3n) is 9.10. The van der Waals surface area contributed by atoms with E-state index >= 15 is 0 Å². The Bertz CT molecular complexity index is 632. The van der Waals surface area contributed by atoms with Gasteiger partial charge in [0.15, 0.2) is 0 Å². The summed E-state index contributed by atoms with van der Waals surface area (Å²) >= 11 is 0. The van der Waals surface area contributed by atoms with Crippen molar-refractivity contribution in [2.75, 3.05) is 0 Å². The van der Waals surface area contributed by atoms with Crippen LogP contribution in [0.4, 0.5) is 0 Å². The van der Waals surface area contributed by atoms with Crippen LogP contribution in [-0.4, -0.2) is 17.0 Å². The van der Waals surface area contributed by atoms with E-state index in [0.717, 1.165) is 32.1 Å². The Labute approximate surface area is 262 Å². The van der Waals surface area contributed by atoms with Gasteiger partial charge >= 0.3 is 5.97 Å². The van der Waals surface area contributed by atoms with Crippen LogP contribution in [0.2, 0.25) is 0 Å². The summed E-state index contributed by atoms with van der Waals surface area (Å²) in [6, 6.07) is 0. The fraction of sp³-hybridized carbons (Fsp3) is 0.895. The van der Waals surface area contributed by atoms with E-state index in [1.54, 1.807) is 0 Å². The van der Waals surface area contributed by atoms with Crippen LogP contribution in [0.15, 0.2) is 12.2 Å². The zero-order chi connectivity index (χ0) is 31.0. The quantitative estimate of drug-likeness (QED) is 0.0577. The minimum atomic E-state index is -1.04. The monoisotopic (exact) mass is 592 g/mol. The Morgan fingerprint density at radius 2 is 0.833 bits per heavy atom. The second kappa shape index (κ2) is 31.1. The molecule has 0 fully saturated rings. The largest absolute Gasteiger partial charge is 0.481 e. The maximum Gasteiger partial charge on any atom is 0.304 e. The molecule has 0 spiro atoms. The van der Waals surface area contributed by atoms with Gasteiger partial charge in [-0.3, -0.25) is 9.59 Å². The van der Waals surface area contributed by atoms with Crippen molar-refractivity contribution in [1.29, 1.82) is 0 Å². The second-order valence-electron chi connectivity index (χ2n) is 13.2. The van der Waals surface area contributed by atoms with Crippen LogP contribution in [0.5, 0.6) is 0 Å². The third-order valence-corrected chi connectivity index (χ3v) is 9.10. The summed E-state index contributed by atoms with van der Waals surface area (Å²) in [6.07, 6.45) is 41.7. The number of aliphatic carboxylic acids is 1. The maximum atomic E-state index is 12.4. The molecule has 0 saturated carbocycles. The number of carboxylic acids is 1. The molecule has 0 radical (unpaired) electrons. The molecule has 1 unspecified atom stereocenters. The number of amides is 1. The van der Waals surface area contributed by atoms with E-state index in [1.807, 2.05) is 12.2 Å². The van der Waals surface area contributed by atoms with Gasteiger partial charge < -0.3 is 10.8 Å². The lowest BCUT2D eigenvalue weighted by atomic mass is 9.78. The summed E-state index contributed by atoms with van der Waals surface area (Å²) in [4.78, 5) is 24.0. The van der Waals surface area contributed by atoms with Gasteiger partial charge in [0.25, 0.3) is 0 Å². The summed E-state index contributed by atoms with van der Waals surface area (Å²) in [7, 11) is 0. The summed E-state index contributed by atoms with van der Waals surface area (Å²) in [5, 5.41) is 9.51. The topological polar surface area (TPSA) is 80.4 Å². The van der Waals surface area contributed by atoms with Crippen molar-refractivity contribution in [1.82, 2.24) is 0 Å². The zero-order valence-corrected chi connectivity index (χ0v) is 28.4. The maximum absolute atomic E-state index is 12.4. The number of unbranched alkanes of at least 4 members (excludes halogenated alkanes) is 27. The van der Waals surface area contributed by atoms with Crippen LogP contribution in [0.3, 0.4) is 0 Å². The fourth-order valence-corrected chi connectivity index (χ4v) is 6.19. The van der Waals surface area contributed by atoms with Crippen molar-refractivity contribution in [2.24, 2.45) is 11.1 Å². The van der Waals surface area contributed by atoms with E-state index in [0.29, 0.717) is 6.42 Å². The van der Waals surface area contributed by atoms with E-state index in [-0.39, 0.29) is 6.42 Å². The first-order chi connectivity index (χ1) is 20.5. The smallest absolute Gasteiger partial charge is 0.304 e. The number of hydrogen-bond donors (Lipinski definition) is 2. The molecule has 248 valence electrons. The van der Waals surface area contributed by atoms with Gasteiger partial charge in [0.05, 0.1) is 11.8 Å². The predicted octanol–water partition coefficient (Wildman–Crippen LogP) is 12.2. The molecule has 1 atom stereocenters. The zero-order valence-electron chi connectivity index (χ0n) is 28.4. The number of primary amides is 1. The molecule has 0 aliphatic rings. The molecule has 0 aromatic rings. The van der Waals surface area contributed by atoms with Crippen molar-refractivity contribution < 1.29 is 14.7 Å². The lowest BCUT2D eigenvalue weighted by Gasteiger charge is -2.25. The van der Waals surface area contributed by atoms with Crippen molar-refractivity contribution in [3.05, 3.63) is 12.2 Å². The molecular formula is C38H73NO3. The number of carbonyl (C=O) groups excluding carboxylic acids is 1. The van der Waals surface area contributed by atoms with Gasteiger partial charge in [-0.2, -0.15) is 0 Å². The second-order valence-corrected chi connectivity index (χ2v) is 13.2. The normalized spacial score (nSPS) is 13.1. The average molecular weight is 592 g/mol. The molecule has 0 saturated heterocycles. The number of carbonyl (C=O) groups is 2. The molecule has 42 heavy (non-hydrogen) atoms. The van der Waals surface area contributed by atoms with Crippen LogP contribution >= 0.6 is 0 Å². The highest BCUT2D eigenvalue weighted by molar-refractivity contribution is 5.87. The Hall–Kier alpha value is -1.32. The minimum Gasteiger partial charge on any atom is -0.481 e. The van der Waals surface area contributed by atoms with Crippen LogP contribution in [0.25, 0.3) is 0 Å². The third kappa shape index (κ3) is 26.3. The Balaban J connectivity index is 3.99. The van der Waals surface area contributed by atoms with Crippen molar-refractivity contribution in [3.63, 3.8) is 0 Å². The molecule has 0 aliphatic carbocycles. The highest BCUT2D eigenvalue weighted by Crippen LogP contribution is 2.32. The first kappa shape index (κ1) is 40.7. The highest BCUT2D eigenvalue weighted by atomic mass is 16.4.